The summed E-state index contributed by atoms with van der Waals surface area (Å²) in [7, 11) is 1.59. The second-order valence-electron chi connectivity index (χ2n) is 6.29. The van der Waals surface area contributed by atoms with Crippen LogP contribution in [0.5, 0.6) is 0 Å². The van der Waals surface area contributed by atoms with Crippen molar-refractivity contribution in [3.63, 3.8) is 0 Å². The molecule has 0 radical (unpaired) electrons. The third-order valence-corrected chi connectivity index (χ3v) is 3.08. The fraction of sp³-hybridized carbons (Fsp3) is 0.929. The topological polar surface area (TPSA) is 106 Å². The third-order valence-electron chi connectivity index (χ3n) is 3.08. The van der Waals surface area contributed by atoms with Gasteiger partial charge in [0.25, 0.3) is 0 Å². The fourth-order valence-electron chi connectivity index (χ4n) is 2.13. The van der Waals surface area contributed by atoms with Crippen molar-refractivity contribution in [1.29, 1.82) is 0 Å². The van der Waals surface area contributed by atoms with Crippen LogP contribution in [-0.2, 0) is 18.9 Å². The molecule has 1 rings (SSSR count). The number of amides is 1. The molecule has 1 heterocycles. The van der Waals surface area contributed by atoms with Gasteiger partial charge in [-0.25, -0.2) is 4.79 Å². The van der Waals surface area contributed by atoms with E-state index >= 15 is 0 Å². The summed E-state index contributed by atoms with van der Waals surface area (Å²) in [5.74, 6) is 0. The van der Waals surface area contributed by atoms with Gasteiger partial charge in [-0.1, -0.05) is 5.11 Å². The summed E-state index contributed by atoms with van der Waals surface area (Å²) >= 11 is 0. The molecule has 0 aromatic carbocycles. The van der Waals surface area contributed by atoms with E-state index in [0.717, 1.165) is 0 Å². The average Bonchev–Trinajstić information content (AvgIpc) is 2.45. The minimum Gasteiger partial charge on any atom is -0.444 e. The van der Waals surface area contributed by atoms with E-state index in [4.69, 9.17) is 24.5 Å². The smallest absolute Gasteiger partial charge is 0.410 e. The van der Waals surface area contributed by atoms with Gasteiger partial charge in [-0.2, -0.15) is 0 Å². The summed E-state index contributed by atoms with van der Waals surface area (Å²) < 4.78 is 21.1. The largest absolute Gasteiger partial charge is 0.444 e. The van der Waals surface area contributed by atoms with Crippen molar-refractivity contribution >= 4 is 6.09 Å². The van der Waals surface area contributed by atoms with Gasteiger partial charge in [0.1, 0.15) is 12.4 Å². The second kappa shape index (κ2) is 9.57. The first-order chi connectivity index (χ1) is 10.9. The number of methoxy groups -OCH3 is 1. The van der Waals surface area contributed by atoms with Gasteiger partial charge in [0.05, 0.1) is 31.9 Å². The lowest BCUT2D eigenvalue weighted by molar-refractivity contribution is -0.114. The molecule has 1 aliphatic rings. The monoisotopic (exact) mass is 330 g/mol. The number of carbonyl (C=O) groups excluding carboxylic acids is 1. The number of likely N-dealkylation sites (tertiary alicyclic amines) is 1. The maximum atomic E-state index is 12.2. The Morgan fingerprint density at radius 2 is 2.09 bits per heavy atom. The van der Waals surface area contributed by atoms with E-state index in [-0.39, 0.29) is 18.9 Å². The summed E-state index contributed by atoms with van der Waals surface area (Å²) in [5.41, 5.74) is 8.05. The van der Waals surface area contributed by atoms with Gasteiger partial charge < -0.3 is 23.8 Å². The van der Waals surface area contributed by atoms with Gasteiger partial charge in [-0.05, 0) is 32.7 Å². The van der Waals surface area contributed by atoms with Crippen LogP contribution < -0.4 is 0 Å². The number of carbonyl (C=O) groups is 1. The minimum atomic E-state index is -0.581. The van der Waals surface area contributed by atoms with Crippen LogP contribution in [0.25, 0.3) is 10.4 Å². The molecule has 23 heavy (non-hydrogen) atoms. The summed E-state index contributed by atoms with van der Waals surface area (Å²) in [6.07, 6.45) is -0.171. The summed E-state index contributed by atoms with van der Waals surface area (Å²) in [6.45, 7) is 7.12. The molecule has 0 aromatic rings. The maximum absolute atomic E-state index is 12.2. The zero-order valence-corrected chi connectivity index (χ0v) is 14.2. The molecule has 1 amide bonds. The Hall–Kier alpha value is -1.54. The standard InChI is InChI=1S/C14H26N4O5/c1-14(2,3)23-13(19)18-8-11(16-17-15)7-12(9-18)22-10-21-6-5-20-4/h11-12H,5-10H2,1-4H3/t11-,12+/m1/s1. The van der Waals surface area contributed by atoms with E-state index in [2.05, 4.69) is 10.0 Å². The lowest BCUT2D eigenvalue weighted by Crippen LogP contribution is -2.50. The van der Waals surface area contributed by atoms with Crippen LogP contribution in [0, 0.1) is 0 Å². The van der Waals surface area contributed by atoms with Crippen molar-refractivity contribution < 1.29 is 23.7 Å². The lowest BCUT2D eigenvalue weighted by Gasteiger charge is -2.36. The van der Waals surface area contributed by atoms with Crippen molar-refractivity contribution in [2.75, 3.05) is 40.2 Å². The van der Waals surface area contributed by atoms with Crippen molar-refractivity contribution in [3.05, 3.63) is 10.4 Å². The Morgan fingerprint density at radius 3 is 2.70 bits per heavy atom. The zero-order chi connectivity index (χ0) is 17.3. The van der Waals surface area contributed by atoms with Crippen LogP contribution in [0.3, 0.4) is 0 Å². The first kappa shape index (κ1) is 19.5. The van der Waals surface area contributed by atoms with Gasteiger partial charge >= 0.3 is 6.09 Å². The highest BCUT2D eigenvalue weighted by atomic mass is 16.7. The van der Waals surface area contributed by atoms with E-state index in [0.29, 0.717) is 32.7 Å². The van der Waals surface area contributed by atoms with Crippen LogP contribution in [0.1, 0.15) is 27.2 Å². The van der Waals surface area contributed by atoms with Crippen molar-refractivity contribution in [2.45, 2.75) is 44.9 Å². The number of hydrogen-bond acceptors (Lipinski definition) is 6. The molecular weight excluding hydrogens is 304 g/mol. The first-order valence-electron chi connectivity index (χ1n) is 7.56. The molecule has 0 spiro atoms. The zero-order valence-electron chi connectivity index (χ0n) is 14.2. The number of rotatable bonds is 7. The third kappa shape index (κ3) is 8.03. The van der Waals surface area contributed by atoms with Crippen LogP contribution >= 0.6 is 0 Å². The summed E-state index contributed by atoms with van der Waals surface area (Å²) in [6, 6.07) is -0.342. The number of ether oxygens (including phenoxy) is 4. The molecular formula is C14H26N4O5. The van der Waals surface area contributed by atoms with Gasteiger partial charge in [0, 0.05) is 18.6 Å². The predicted octanol–water partition coefficient (Wildman–Crippen LogP) is 2.31. The van der Waals surface area contributed by atoms with E-state index < -0.39 is 11.7 Å². The molecule has 0 unspecified atom stereocenters. The molecule has 0 aromatic heterocycles. The second-order valence-corrected chi connectivity index (χ2v) is 6.29. The molecule has 9 heteroatoms. The van der Waals surface area contributed by atoms with E-state index in [1.807, 2.05) is 0 Å². The summed E-state index contributed by atoms with van der Waals surface area (Å²) in [4.78, 5) is 16.5. The van der Waals surface area contributed by atoms with Gasteiger partial charge in [-0.15, -0.1) is 0 Å². The Morgan fingerprint density at radius 1 is 1.35 bits per heavy atom. The highest BCUT2D eigenvalue weighted by Crippen LogP contribution is 2.19. The van der Waals surface area contributed by atoms with Crippen molar-refractivity contribution in [1.82, 2.24) is 4.90 Å². The molecule has 0 N–H and O–H groups in total. The van der Waals surface area contributed by atoms with Gasteiger partial charge in [0.15, 0.2) is 0 Å². The van der Waals surface area contributed by atoms with E-state index in [1.54, 1.807) is 27.9 Å². The first-order valence-corrected chi connectivity index (χ1v) is 7.56. The minimum absolute atomic E-state index is 0.0964. The predicted molar refractivity (Wildman–Crippen MR) is 82.9 cm³/mol. The molecule has 132 valence electrons. The Balaban J connectivity index is 2.55. The molecule has 0 saturated carbocycles. The Labute approximate surface area is 136 Å². The SMILES string of the molecule is COCCOCO[C@H]1C[C@@H](N=[N+]=[N-])CN(C(=O)OC(C)(C)C)C1. The molecule has 0 aliphatic carbocycles. The van der Waals surface area contributed by atoms with Gasteiger partial charge in [0.2, 0.25) is 0 Å². The average molecular weight is 330 g/mol. The molecule has 9 nitrogen and oxygen atoms in total. The van der Waals surface area contributed by atoms with Crippen molar-refractivity contribution in [3.8, 4) is 0 Å². The van der Waals surface area contributed by atoms with Crippen molar-refractivity contribution in [2.24, 2.45) is 5.11 Å². The van der Waals surface area contributed by atoms with E-state index in [1.165, 1.54) is 4.90 Å². The highest BCUT2D eigenvalue weighted by molar-refractivity contribution is 5.68. The molecule has 1 aliphatic heterocycles. The number of piperidine rings is 1. The van der Waals surface area contributed by atoms with E-state index in [9.17, 15) is 4.79 Å². The molecule has 0 bridgehead atoms. The molecule has 1 fully saturated rings. The molecule has 1 saturated heterocycles. The van der Waals surface area contributed by atoms with Crippen LogP contribution in [-0.4, -0.2) is 68.9 Å². The van der Waals surface area contributed by atoms with Gasteiger partial charge in [-0.3, -0.25) is 0 Å². The normalized spacial score (nSPS) is 21.7. The fourth-order valence-corrected chi connectivity index (χ4v) is 2.13. The molecule has 2 atom stereocenters. The maximum Gasteiger partial charge on any atom is 0.410 e. The number of azide groups is 1. The number of nitrogens with zero attached hydrogens (tertiary/aromatic N) is 4. The quantitative estimate of drug-likeness (QED) is 0.234. The Kier molecular flexibility index (Phi) is 8.11. The highest BCUT2D eigenvalue weighted by Gasteiger charge is 2.32. The Bertz CT molecular complexity index is 420. The van der Waals surface area contributed by atoms with Crippen LogP contribution in [0.4, 0.5) is 4.79 Å². The van der Waals surface area contributed by atoms with Crippen LogP contribution in [0.15, 0.2) is 5.11 Å². The lowest BCUT2D eigenvalue weighted by atomic mass is 10.0. The summed E-state index contributed by atoms with van der Waals surface area (Å²) in [5, 5.41) is 3.71. The number of hydrogen-bond donors (Lipinski definition) is 0. The van der Waals surface area contributed by atoms with Crippen LogP contribution in [0.2, 0.25) is 0 Å².